The minimum absolute atomic E-state index is 0.100. The Balaban J connectivity index is 1.68. The smallest absolute Gasteiger partial charge is 0.321 e. The van der Waals surface area contributed by atoms with Crippen molar-refractivity contribution in [2.75, 3.05) is 25.0 Å². The van der Waals surface area contributed by atoms with Crippen molar-refractivity contribution in [1.29, 1.82) is 0 Å². The van der Waals surface area contributed by atoms with E-state index in [0.717, 1.165) is 30.6 Å². The fourth-order valence-electron chi connectivity index (χ4n) is 3.06. The molecule has 1 atom stereocenters. The molecule has 3 rings (SSSR count). The van der Waals surface area contributed by atoms with Crippen LogP contribution >= 0.6 is 0 Å². The summed E-state index contributed by atoms with van der Waals surface area (Å²) in [7, 11) is 0. The molecule has 1 fully saturated rings. The number of ether oxygens (including phenoxy) is 1. The number of rotatable bonds is 5. The number of hydrogen-bond acceptors (Lipinski definition) is 5. The van der Waals surface area contributed by atoms with Crippen LogP contribution in [0.4, 0.5) is 10.5 Å². The third-order valence-corrected chi connectivity index (χ3v) is 4.27. The molecule has 0 bridgehead atoms. The van der Waals surface area contributed by atoms with Crippen LogP contribution in [0.2, 0.25) is 0 Å². The third kappa shape index (κ3) is 4.14. The molecular formula is C17H24N6O2. The van der Waals surface area contributed by atoms with Gasteiger partial charge in [-0.3, -0.25) is 0 Å². The number of carbonyl (C=O) groups is 1. The van der Waals surface area contributed by atoms with E-state index in [2.05, 4.69) is 20.8 Å². The number of likely N-dealkylation sites (tertiary alicyclic amines) is 1. The highest BCUT2D eigenvalue weighted by Gasteiger charge is 2.24. The van der Waals surface area contributed by atoms with Crippen LogP contribution in [0.5, 0.6) is 0 Å². The van der Waals surface area contributed by atoms with E-state index in [1.165, 1.54) is 0 Å². The van der Waals surface area contributed by atoms with Crippen molar-refractivity contribution in [2.24, 2.45) is 0 Å². The van der Waals surface area contributed by atoms with Gasteiger partial charge in [0.05, 0.1) is 6.10 Å². The molecule has 2 amide bonds. The van der Waals surface area contributed by atoms with Gasteiger partial charge < -0.3 is 15.0 Å². The highest BCUT2D eigenvalue weighted by molar-refractivity contribution is 5.90. The summed E-state index contributed by atoms with van der Waals surface area (Å²) in [5.74, 6) is 0.688. The monoisotopic (exact) mass is 344 g/mol. The second-order valence-corrected chi connectivity index (χ2v) is 5.99. The van der Waals surface area contributed by atoms with Gasteiger partial charge in [-0.2, -0.15) is 0 Å². The Kier molecular flexibility index (Phi) is 5.60. The zero-order valence-corrected chi connectivity index (χ0v) is 14.7. The van der Waals surface area contributed by atoms with Crippen molar-refractivity contribution in [3.63, 3.8) is 0 Å². The van der Waals surface area contributed by atoms with Gasteiger partial charge in [0.1, 0.15) is 0 Å². The van der Waals surface area contributed by atoms with E-state index in [4.69, 9.17) is 4.74 Å². The van der Waals surface area contributed by atoms with E-state index >= 15 is 0 Å². The summed E-state index contributed by atoms with van der Waals surface area (Å²) in [5.41, 5.74) is 1.60. The Labute approximate surface area is 147 Å². The first-order chi connectivity index (χ1) is 12.2. The van der Waals surface area contributed by atoms with Crippen molar-refractivity contribution in [3.05, 3.63) is 24.3 Å². The molecule has 0 unspecified atom stereocenters. The van der Waals surface area contributed by atoms with Crippen LogP contribution in [0, 0.1) is 0 Å². The molecule has 0 spiro atoms. The van der Waals surface area contributed by atoms with Gasteiger partial charge in [0.2, 0.25) is 0 Å². The lowest BCUT2D eigenvalue weighted by Crippen LogP contribution is -2.45. The number of anilines is 1. The van der Waals surface area contributed by atoms with Crippen molar-refractivity contribution in [2.45, 2.75) is 39.3 Å². The number of nitrogens with zero attached hydrogens (tertiary/aromatic N) is 5. The molecule has 0 saturated carbocycles. The van der Waals surface area contributed by atoms with Crippen LogP contribution in [-0.4, -0.2) is 56.9 Å². The van der Waals surface area contributed by atoms with Gasteiger partial charge in [0.15, 0.2) is 5.82 Å². The maximum atomic E-state index is 12.6. The van der Waals surface area contributed by atoms with Gasteiger partial charge >= 0.3 is 6.03 Å². The Hall–Kier alpha value is -2.48. The fourth-order valence-corrected chi connectivity index (χ4v) is 3.06. The topological polar surface area (TPSA) is 85.2 Å². The van der Waals surface area contributed by atoms with E-state index in [9.17, 15) is 4.79 Å². The van der Waals surface area contributed by atoms with Gasteiger partial charge in [0.25, 0.3) is 0 Å². The minimum atomic E-state index is -0.100. The first-order valence-electron chi connectivity index (χ1n) is 8.75. The SMILES string of the molecule is CCO[C@@H]1CCCN(C(=O)Nc2cccc(-c3nnnn3CC)c2)C1. The fraction of sp³-hybridized carbons (Fsp3) is 0.529. The van der Waals surface area contributed by atoms with Crippen molar-refractivity contribution in [3.8, 4) is 11.4 Å². The summed E-state index contributed by atoms with van der Waals surface area (Å²) in [6, 6.07) is 7.47. The normalized spacial score (nSPS) is 17.5. The van der Waals surface area contributed by atoms with Gasteiger partial charge in [-0.25, -0.2) is 9.48 Å². The Morgan fingerprint density at radius 3 is 3.08 bits per heavy atom. The lowest BCUT2D eigenvalue weighted by molar-refractivity contribution is 0.0181. The average Bonchev–Trinajstić information content (AvgIpc) is 3.11. The number of urea groups is 1. The number of aryl methyl sites for hydroxylation is 1. The van der Waals surface area contributed by atoms with E-state index < -0.39 is 0 Å². The number of nitrogens with one attached hydrogen (secondary N) is 1. The molecule has 1 aromatic carbocycles. The summed E-state index contributed by atoms with van der Waals surface area (Å²) >= 11 is 0. The number of hydrogen-bond donors (Lipinski definition) is 1. The van der Waals surface area contributed by atoms with Crippen LogP contribution in [-0.2, 0) is 11.3 Å². The molecule has 0 radical (unpaired) electrons. The summed E-state index contributed by atoms with van der Waals surface area (Å²) in [4.78, 5) is 14.4. The maximum absolute atomic E-state index is 12.6. The van der Waals surface area contributed by atoms with E-state index in [0.29, 0.717) is 25.5 Å². The van der Waals surface area contributed by atoms with E-state index in [-0.39, 0.29) is 12.1 Å². The average molecular weight is 344 g/mol. The number of benzene rings is 1. The highest BCUT2D eigenvalue weighted by Crippen LogP contribution is 2.21. The zero-order valence-electron chi connectivity index (χ0n) is 14.7. The number of carbonyl (C=O) groups excluding carboxylic acids is 1. The van der Waals surface area contributed by atoms with E-state index in [1.807, 2.05) is 43.0 Å². The first-order valence-corrected chi connectivity index (χ1v) is 8.75. The summed E-state index contributed by atoms with van der Waals surface area (Å²) in [6.45, 7) is 6.71. The molecule has 1 aliphatic rings. The lowest BCUT2D eigenvalue weighted by atomic mass is 10.1. The van der Waals surface area contributed by atoms with Crippen LogP contribution in [0.25, 0.3) is 11.4 Å². The van der Waals surface area contributed by atoms with Crippen molar-refractivity contribution in [1.82, 2.24) is 25.1 Å². The molecule has 2 aromatic rings. The highest BCUT2D eigenvalue weighted by atomic mass is 16.5. The van der Waals surface area contributed by atoms with Crippen LogP contribution in [0.3, 0.4) is 0 Å². The Bertz CT molecular complexity index is 715. The first kappa shape index (κ1) is 17.3. The minimum Gasteiger partial charge on any atom is -0.377 e. The molecule has 1 aliphatic heterocycles. The van der Waals surface area contributed by atoms with Gasteiger partial charge in [-0.15, -0.1) is 5.10 Å². The summed E-state index contributed by atoms with van der Waals surface area (Å²) < 4.78 is 7.38. The maximum Gasteiger partial charge on any atom is 0.321 e. The van der Waals surface area contributed by atoms with Crippen LogP contribution < -0.4 is 5.32 Å². The predicted octanol–water partition coefficient (Wildman–Crippen LogP) is 2.39. The second kappa shape index (κ2) is 8.06. The predicted molar refractivity (Wildman–Crippen MR) is 94.2 cm³/mol. The molecule has 8 heteroatoms. The van der Waals surface area contributed by atoms with E-state index in [1.54, 1.807) is 4.68 Å². The number of piperidine rings is 1. The number of aromatic nitrogens is 4. The molecule has 0 aliphatic carbocycles. The molecule has 2 heterocycles. The molecular weight excluding hydrogens is 320 g/mol. The molecule has 134 valence electrons. The standard InChI is InChI=1S/C17H24N6O2/c1-3-23-16(19-20-21-23)13-7-5-8-14(11-13)18-17(24)22-10-6-9-15(12-22)25-4-2/h5,7-8,11,15H,3-4,6,9-10,12H2,1-2H3,(H,18,24)/t15-/m1/s1. The van der Waals surface area contributed by atoms with Gasteiger partial charge in [-0.05, 0) is 49.2 Å². The lowest BCUT2D eigenvalue weighted by Gasteiger charge is -2.32. The molecule has 8 nitrogen and oxygen atoms in total. The quantitative estimate of drug-likeness (QED) is 0.900. The third-order valence-electron chi connectivity index (χ3n) is 4.27. The summed E-state index contributed by atoms with van der Waals surface area (Å²) in [5, 5.41) is 14.7. The number of tetrazole rings is 1. The molecule has 1 aromatic heterocycles. The van der Waals surface area contributed by atoms with Gasteiger partial charge in [0, 0.05) is 37.5 Å². The zero-order chi connectivity index (χ0) is 17.6. The molecule has 1 saturated heterocycles. The van der Waals surface area contributed by atoms with Crippen LogP contribution in [0.15, 0.2) is 24.3 Å². The van der Waals surface area contributed by atoms with Crippen LogP contribution in [0.1, 0.15) is 26.7 Å². The Morgan fingerprint density at radius 2 is 2.28 bits per heavy atom. The Morgan fingerprint density at radius 1 is 1.40 bits per heavy atom. The summed E-state index contributed by atoms with van der Waals surface area (Å²) in [6.07, 6.45) is 2.10. The molecule has 1 N–H and O–H groups in total. The van der Waals surface area contributed by atoms with Crippen molar-refractivity contribution < 1.29 is 9.53 Å². The van der Waals surface area contributed by atoms with Gasteiger partial charge in [-0.1, -0.05) is 12.1 Å². The van der Waals surface area contributed by atoms with Crippen molar-refractivity contribution >= 4 is 11.7 Å². The molecule has 25 heavy (non-hydrogen) atoms. The largest absolute Gasteiger partial charge is 0.377 e. The second-order valence-electron chi connectivity index (χ2n) is 5.99. The number of amides is 2.